The highest BCUT2D eigenvalue weighted by molar-refractivity contribution is 5.75. The molecule has 5 aliphatic rings. The van der Waals surface area contributed by atoms with Crippen molar-refractivity contribution < 1.29 is 4.74 Å². The van der Waals surface area contributed by atoms with E-state index in [1.807, 2.05) is 28.8 Å². The molecule has 0 amide bonds. The van der Waals surface area contributed by atoms with Crippen LogP contribution in [0.25, 0.3) is 16.9 Å². The number of para-hydroxylation sites is 2. The first kappa shape index (κ1) is 24.9. The molecule has 10 heteroatoms. The molecule has 4 bridgehead atoms. The fraction of sp³-hybridized carbons (Fsp3) is 0.621. The Bertz CT molecular complexity index is 1530. The molecule has 0 radical (unpaired) electrons. The number of aromatic nitrogens is 5. The van der Waals surface area contributed by atoms with Crippen LogP contribution in [0.4, 0.5) is 0 Å². The van der Waals surface area contributed by atoms with Crippen LogP contribution in [0.15, 0.2) is 44.8 Å². The minimum atomic E-state index is -0.772. The van der Waals surface area contributed by atoms with E-state index in [4.69, 9.17) is 4.74 Å². The van der Waals surface area contributed by atoms with E-state index in [9.17, 15) is 14.4 Å². The molecule has 2 unspecified atom stereocenters. The van der Waals surface area contributed by atoms with Gasteiger partial charge in [0.15, 0.2) is 0 Å². The first-order valence-corrected chi connectivity index (χ1v) is 14.6. The molecule has 2 aliphatic carbocycles. The maximum Gasteiger partial charge on any atom is 0.351 e. The van der Waals surface area contributed by atoms with E-state index in [0.717, 1.165) is 47.6 Å². The van der Waals surface area contributed by atoms with Crippen molar-refractivity contribution in [3.63, 3.8) is 0 Å². The number of benzene rings is 1. The fourth-order valence-corrected chi connectivity index (χ4v) is 8.06. The number of hydrogen-bond donors (Lipinski definition) is 1. The Balaban J connectivity index is 1.29. The Morgan fingerprint density at radius 2 is 1.72 bits per heavy atom. The highest BCUT2D eigenvalue weighted by atomic mass is 16.5. The van der Waals surface area contributed by atoms with Crippen LogP contribution in [0, 0.1) is 17.8 Å². The van der Waals surface area contributed by atoms with Gasteiger partial charge >= 0.3 is 5.69 Å². The maximum absolute atomic E-state index is 14.1. The summed E-state index contributed by atoms with van der Waals surface area (Å²) in [5.41, 5.74) is -0.364. The van der Waals surface area contributed by atoms with Crippen molar-refractivity contribution in [1.29, 1.82) is 0 Å². The highest BCUT2D eigenvalue weighted by Gasteiger charge is 2.44. The zero-order chi connectivity index (χ0) is 26.5. The summed E-state index contributed by atoms with van der Waals surface area (Å²) in [6.45, 7) is 2.33. The molecule has 8 rings (SSSR count). The van der Waals surface area contributed by atoms with Gasteiger partial charge in [0.1, 0.15) is 6.20 Å². The average Bonchev–Trinajstić information content (AvgIpc) is 3.08. The zero-order valence-corrected chi connectivity index (χ0v) is 22.2. The van der Waals surface area contributed by atoms with E-state index in [2.05, 4.69) is 20.0 Å². The third-order valence-electron chi connectivity index (χ3n) is 9.76. The van der Waals surface area contributed by atoms with E-state index in [-0.39, 0.29) is 29.4 Å². The van der Waals surface area contributed by atoms with Crippen LogP contribution >= 0.6 is 0 Å². The molecule has 0 spiro atoms. The summed E-state index contributed by atoms with van der Waals surface area (Å²) in [5, 5.41) is 3.95. The molecule has 10 nitrogen and oxygen atoms in total. The lowest BCUT2D eigenvalue weighted by Crippen LogP contribution is -2.57. The summed E-state index contributed by atoms with van der Waals surface area (Å²) in [6.07, 6.45) is 12.1. The third-order valence-corrected chi connectivity index (χ3v) is 9.76. The molecular formula is C29H36N6O4. The number of nitrogens with zero attached hydrogens (tertiary/aromatic N) is 5. The molecular weight excluding hydrogens is 496 g/mol. The third kappa shape index (κ3) is 4.57. The van der Waals surface area contributed by atoms with Gasteiger partial charge in [-0.15, -0.1) is 0 Å². The quantitative estimate of drug-likeness (QED) is 0.551. The Hall–Kier alpha value is -3.11. The lowest BCUT2D eigenvalue weighted by atomic mass is 9.75. The minimum Gasteiger partial charge on any atom is -0.380 e. The molecule has 6 atom stereocenters. The molecule has 39 heavy (non-hydrogen) atoms. The number of nitrogens with one attached hydrogen (secondary N) is 1. The maximum atomic E-state index is 14.1. The first-order chi connectivity index (χ1) is 19.0. The van der Waals surface area contributed by atoms with Crippen molar-refractivity contribution in [1.82, 2.24) is 29.2 Å². The van der Waals surface area contributed by atoms with Crippen molar-refractivity contribution in [2.75, 3.05) is 19.8 Å². The summed E-state index contributed by atoms with van der Waals surface area (Å²) in [6, 6.07) is 8.37. The molecule has 3 saturated heterocycles. The van der Waals surface area contributed by atoms with Crippen LogP contribution in [0.5, 0.6) is 0 Å². The number of ether oxygens (including phenoxy) is 1. The SMILES string of the molecule is O=c1cnn(-c2nc3ccccc3n([C@H]3C[C@H]4COCCC3CN4C3C[C@H]4CCCC[C@@H](C3)C4)c2=O)c(=O)[nH]1. The molecule has 1 N–H and O–H groups in total. The molecule has 5 fully saturated rings. The van der Waals surface area contributed by atoms with Gasteiger partial charge < -0.3 is 9.30 Å². The number of hydrogen-bond acceptors (Lipinski definition) is 7. The van der Waals surface area contributed by atoms with Crippen molar-refractivity contribution in [2.24, 2.45) is 17.8 Å². The van der Waals surface area contributed by atoms with Crippen LogP contribution in [0.3, 0.4) is 0 Å². The van der Waals surface area contributed by atoms with Gasteiger partial charge in [0, 0.05) is 31.3 Å². The Labute approximate surface area is 226 Å². The predicted molar refractivity (Wildman–Crippen MR) is 146 cm³/mol. The molecule has 3 aromatic rings. The van der Waals surface area contributed by atoms with E-state index >= 15 is 0 Å². The molecule has 3 aliphatic heterocycles. The summed E-state index contributed by atoms with van der Waals surface area (Å²) >= 11 is 0. The highest BCUT2D eigenvalue weighted by Crippen LogP contribution is 2.44. The van der Waals surface area contributed by atoms with Crippen molar-refractivity contribution in [3.05, 3.63) is 61.7 Å². The van der Waals surface area contributed by atoms with Crippen molar-refractivity contribution in [3.8, 4) is 5.82 Å². The second-order valence-electron chi connectivity index (χ2n) is 12.1. The van der Waals surface area contributed by atoms with Crippen LogP contribution in [0.2, 0.25) is 0 Å². The summed E-state index contributed by atoms with van der Waals surface area (Å²) in [5.74, 6) is 1.84. The zero-order valence-electron chi connectivity index (χ0n) is 22.2. The number of fused-ring (bicyclic) bond motifs is 8. The topological polar surface area (TPSA) is 115 Å². The van der Waals surface area contributed by atoms with Crippen LogP contribution in [0.1, 0.15) is 63.8 Å². The molecule has 5 heterocycles. The molecule has 1 aromatic carbocycles. The lowest BCUT2D eigenvalue weighted by molar-refractivity contribution is -0.0665. The van der Waals surface area contributed by atoms with E-state index in [1.165, 1.54) is 44.9 Å². The monoisotopic (exact) mass is 532 g/mol. The summed E-state index contributed by atoms with van der Waals surface area (Å²) in [7, 11) is 0. The van der Waals surface area contributed by atoms with Crippen LogP contribution in [-0.4, -0.2) is 61.1 Å². The molecule has 2 saturated carbocycles. The van der Waals surface area contributed by atoms with Gasteiger partial charge in [0.25, 0.3) is 11.1 Å². The van der Waals surface area contributed by atoms with Crippen molar-refractivity contribution >= 4 is 11.0 Å². The van der Waals surface area contributed by atoms with Gasteiger partial charge in [0.2, 0.25) is 5.82 Å². The van der Waals surface area contributed by atoms with Crippen LogP contribution < -0.4 is 16.8 Å². The van der Waals surface area contributed by atoms with Gasteiger partial charge in [-0.2, -0.15) is 9.78 Å². The first-order valence-electron chi connectivity index (χ1n) is 14.6. The largest absolute Gasteiger partial charge is 0.380 e. The predicted octanol–water partition coefficient (Wildman–Crippen LogP) is 2.64. The minimum absolute atomic E-state index is 0.0429. The normalized spacial score (nSPS) is 31.5. The number of H-pyrrole nitrogens is 1. The van der Waals surface area contributed by atoms with Crippen molar-refractivity contribution in [2.45, 2.75) is 75.9 Å². The Kier molecular flexibility index (Phi) is 6.47. The van der Waals surface area contributed by atoms with Gasteiger partial charge in [-0.05, 0) is 62.0 Å². The Morgan fingerprint density at radius 3 is 2.51 bits per heavy atom. The van der Waals surface area contributed by atoms with Gasteiger partial charge in [-0.1, -0.05) is 37.8 Å². The Morgan fingerprint density at radius 1 is 0.923 bits per heavy atom. The molecule has 206 valence electrons. The summed E-state index contributed by atoms with van der Waals surface area (Å²) < 4.78 is 8.91. The van der Waals surface area contributed by atoms with Gasteiger partial charge in [0.05, 0.1) is 17.6 Å². The average molecular weight is 533 g/mol. The number of rotatable bonds is 3. The standard InChI is InChI=1S/C29H36N6O4/c36-26-15-30-35(29(38)32-26)27-28(37)34(24-8-4-3-7-23(24)31-27)25-14-22-17-39-10-9-20(25)16-33(22)21-12-18-5-1-2-6-19(11-18)13-21/h3-4,7-8,15,18-22,25H,1-2,5-6,9-14,16-17H2,(H,32,36,38)/t18-,19+,20?,21?,22-,25-/m0/s1. The number of aromatic amines is 1. The van der Waals surface area contributed by atoms with Crippen LogP contribution in [-0.2, 0) is 4.74 Å². The number of piperidine rings is 1. The van der Waals surface area contributed by atoms with E-state index in [1.54, 1.807) is 0 Å². The lowest BCUT2D eigenvalue weighted by Gasteiger charge is -2.51. The van der Waals surface area contributed by atoms with Gasteiger partial charge in [-0.25, -0.2) is 9.78 Å². The fourth-order valence-electron chi connectivity index (χ4n) is 8.06. The second kappa shape index (κ2) is 10.1. The smallest absolute Gasteiger partial charge is 0.351 e. The van der Waals surface area contributed by atoms with E-state index in [0.29, 0.717) is 24.8 Å². The van der Waals surface area contributed by atoms with E-state index < -0.39 is 11.2 Å². The second-order valence-corrected chi connectivity index (χ2v) is 12.1. The van der Waals surface area contributed by atoms with Gasteiger partial charge in [-0.3, -0.25) is 19.5 Å². The summed E-state index contributed by atoms with van der Waals surface area (Å²) in [4.78, 5) is 47.8. The molecule has 2 aromatic heterocycles.